The van der Waals surface area contributed by atoms with Gasteiger partial charge in [0.05, 0.1) is 23.1 Å². The monoisotopic (exact) mass is 297 g/mol. The zero-order valence-corrected chi connectivity index (χ0v) is 13.2. The first-order valence-electron chi connectivity index (χ1n) is 8.06. The van der Waals surface area contributed by atoms with Gasteiger partial charge in [0, 0.05) is 6.04 Å². The van der Waals surface area contributed by atoms with Crippen LogP contribution in [0.25, 0.3) is 5.69 Å². The predicted octanol–water partition coefficient (Wildman–Crippen LogP) is 3.49. The number of nitrogens with zero attached hydrogens (tertiary/aromatic N) is 2. The Morgan fingerprint density at radius 2 is 1.86 bits per heavy atom. The molecule has 1 amide bonds. The smallest absolute Gasteiger partial charge is 0.254 e. The van der Waals surface area contributed by atoms with Gasteiger partial charge in [-0.3, -0.25) is 4.79 Å². The Labute approximate surface area is 131 Å². The Morgan fingerprint density at radius 3 is 2.55 bits per heavy atom. The fourth-order valence-corrected chi connectivity index (χ4v) is 3.13. The van der Waals surface area contributed by atoms with Gasteiger partial charge in [-0.15, -0.1) is 0 Å². The van der Waals surface area contributed by atoms with Gasteiger partial charge in [0.1, 0.15) is 0 Å². The van der Waals surface area contributed by atoms with Crippen LogP contribution in [-0.4, -0.2) is 21.7 Å². The third kappa shape index (κ3) is 3.06. The highest BCUT2D eigenvalue weighted by atomic mass is 16.1. The van der Waals surface area contributed by atoms with Gasteiger partial charge >= 0.3 is 0 Å². The van der Waals surface area contributed by atoms with Crippen molar-refractivity contribution in [2.75, 3.05) is 0 Å². The van der Waals surface area contributed by atoms with Crippen molar-refractivity contribution < 1.29 is 4.79 Å². The fourth-order valence-electron chi connectivity index (χ4n) is 3.13. The molecule has 3 rings (SSSR count). The summed E-state index contributed by atoms with van der Waals surface area (Å²) in [5.41, 5.74) is 2.53. The number of hydrogen-bond donors (Lipinski definition) is 1. The average Bonchev–Trinajstić information content (AvgIpc) is 2.92. The molecule has 0 atom stereocenters. The van der Waals surface area contributed by atoms with Crippen LogP contribution in [-0.2, 0) is 0 Å². The van der Waals surface area contributed by atoms with E-state index >= 15 is 0 Å². The van der Waals surface area contributed by atoms with Crippen molar-refractivity contribution in [1.82, 2.24) is 15.1 Å². The third-order valence-electron chi connectivity index (χ3n) is 4.61. The Bertz CT molecular complexity index is 640. The predicted molar refractivity (Wildman–Crippen MR) is 87.2 cm³/mol. The molecule has 22 heavy (non-hydrogen) atoms. The van der Waals surface area contributed by atoms with E-state index in [-0.39, 0.29) is 5.91 Å². The van der Waals surface area contributed by atoms with E-state index in [0.29, 0.717) is 11.6 Å². The SMILES string of the molecule is Cc1c(C(=O)NC2CCC(C)CC2)cnn1-c1ccccc1. The van der Waals surface area contributed by atoms with Gasteiger partial charge in [-0.05, 0) is 50.7 Å². The van der Waals surface area contributed by atoms with E-state index in [1.165, 1.54) is 12.8 Å². The molecule has 1 aromatic heterocycles. The molecule has 0 aliphatic heterocycles. The second-order valence-electron chi connectivity index (χ2n) is 6.32. The normalized spacial score (nSPS) is 21.5. The number of benzene rings is 1. The van der Waals surface area contributed by atoms with Crippen LogP contribution >= 0.6 is 0 Å². The summed E-state index contributed by atoms with van der Waals surface area (Å²) in [6.07, 6.45) is 6.24. The quantitative estimate of drug-likeness (QED) is 0.942. The second-order valence-corrected chi connectivity index (χ2v) is 6.32. The second kappa shape index (κ2) is 6.34. The minimum Gasteiger partial charge on any atom is -0.349 e. The molecule has 1 aliphatic carbocycles. The van der Waals surface area contributed by atoms with Crippen LogP contribution in [0.3, 0.4) is 0 Å². The molecule has 4 heteroatoms. The summed E-state index contributed by atoms with van der Waals surface area (Å²) in [6, 6.07) is 10.2. The summed E-state index contributed by atoms with van der Waals surface area (Å²) in [4.78, 5) is 12.5. The topological polar surface area (TPSA) is 46.9 Å². The average molecular weight is 297 g/mol. The van der Waals surface area contributed by atoms with E-state index in [1.54, 1.807) is 6.20 Å². The first kappa shape index (κ1) is 14.8. The molecule has 1 N–H and O–H groups in total. The van der Waals surface area contributed by atoms with E-state index < -0.39 is 0 Å². The summed E-state index contributed by atoms with van der Waals surface area (Å²) in [6.45, 7) is 4.23. The summed E-state index contributed by atoms with van der Waals surface area (Å²) in [7, 11) is 0. The van der Waals surface area contributed by atoms with E-state index in [4.69, 9.17) is 0 Å². The third-order valence-corrected chi connectivity index (χ3v) is 4.61. The molecule has 1 aliphatic rings. The maximum absolute atomic E-state index is 12.5. The number of carbonyl (C=O) groups is 1. The van der Waals surface area contributed by atoms with Crippen LogP contribution in [0.2, 0.25) is 0 Å². The van der Waals surface area contributed by atoms with Crippen molar-refractivity contribution >= 4 is 5.91 Å². The first-order valence-corrected chi connectivity index (χ1v) is 8.06. The van der Waals surface area contributed by atoms with Gasteiger partial charge in [0.2, 0.25) is 0 Å². The molecule has 0 unspecified atom stereocenters. The van der Waals surface area contributed by atoms with Crippen molar-refractivity contribution in [3.63, 3.8) is 0 Å². The molecule has 0 saturated heterocycles. The minimum atomic E-state index is -0.000709. The number of hydrogen-bond acceptors (Lipinski definition) is 2. The van der Waals surface area contributed by atoms with Gasteiger partial charge in [-0.1, -0.05) is 25.1 Å². The van der Waals surface area contributed by atoms with Crippen LogP contribution in [0.4, 0.5) is 0 Å². The zero-order chi connectivity index (χ0) is 15.5. The molecule has 1 fully saturated rings. The minimum absolute atomic E-state index is 0.000709. The molecule has 1 heterocycles. The molecular weight excluding hydrogens is 274 g/mol. The lowest BCUT2D eigenvalue weighted by atomic mass is 9.87. The molecule has 1 saturated carbocycles. The highest BCUT2D eigenvalue weighted by Gasteiger charge is 2.22. The molecule has 2 aromatic rings. The van der Waals surface area contributed by atoms with Crippen LogP contribution < -0.4 is 5.32 Å². The fraction of sp³-hybridized carbons (Fsp3) is 0.444. The maximum atomic E-state index is 12.5. The number of para-hydroxylation sites is 1. The van der Waals surface area contributed by atoms with Crippen molar-refractivity contribution in [2.24, 2.45) is 5.92 Å². The lowest BCUT2D eigenvalue weighted by molar-refractivity contribution is 0.0922. The Kier molecular flexibility index (Phi) is 4.27. The standard InChI is InChI=1S/C18H23N3O/c1-13-8-10-15(11-9-13)20-18(22)17-12-19-21(14(17)2)16-6-4-3-5-7-16/h3-7,12-13,15H,8-11H2,1-2H3,(H,20,22). The largest absolute Gasteiger partial charge is 0.349 e. The van der Waals surface area contributed by atoms with E-state index in [0.717, 1.165) is 30.1 Å². The highest BCUT2D eigenvalue weighted by molar-refractivity contribution is 5.95. The van der Waals surface area contributed by atoms with Crippen molar-refractivity contribution in [3.8, 4) is 5.69 Å². The van der Waals surface area contributed by atoms with Gasteiger partial charge in [-0.25, -0.2) is 4.68 Å². The first-order chi connectivity index (χ1) is 10.6. The molecule has 0 bridgehead atoms. The van der Waals surface area contributed by atoms with Crippen molar-refractivity contribution in [3.05, 3.63) is 47.8 Å². The van der Waals surface area contributed by atoms with E-state index in [2.05, 4.69) is 17.3 Å². The maximum Gasteiger partial charge on any atom is 0.254 e. The van der Waals surface area contributed by atoms with Crippen molar-refractivity contribution in [2.45, 2.75) is 45.6 Å². The van der Waals surface area contributed by atoms with E-state index in [1.807, 2.05) is 41.9 Å². The number of rotatable bonds is 3. The van der Waals surface area contributed by atoms with E-state index in [9.17, 15) is 4.79 Å². The van der Waals surface area contributed by atoms with Gasteiger partial charge in [-0.2, -0.15) is 5.10 Å². The molecule has 0 radical (unpaired) electrons. The van der Waals surface area contributed by atoms with Gasteiger partial charge < -0.3 is 5.32 Å². The van der Waals surface area contributed by atoms with Crippen LogP contribution in [0, 0.1) is 12.8 Å². The van der Waals surface area contributed by atoms with Gasteiger partial charge in [0.15, 0.2) is 0 Å². The van der Waals surface area contributed by atoms with Gasteiger partial charge in [0.25, 0.3) is 5.91 Å². The number of carbonyl (C=O) groups excluding carboxylic acids is 1. The van der Waals surface area contributed by atoms with Crippen LogP contribution in [0.5, 0.6) is 0 Å². The number of nitrogens with one attached hydrogen (secondary N) is 1. The van der Waals surface area contributed by atoms with Crippen LogP contribution in [0.1, 0.15) is 48.7 Å². The molecule has 0 spiro atoms. The summed E-state index contributed by atoms with van der Waals surface area (Å²) in [5, 5.41) is 7.54. The van der Waals surface area contributed by atoms with Crippen molar-refractivity contribution in [1.29, 1.82) is 0 Å². The summed E-state index contributed by atoms with van der Waals surface area (Å²) < 4.78 is 1.82. The summed E-state index contributed by atoms with van der Waals surface area (Å²) >= 11 is 0. The summed E-state index contributed by atoms with van der Waals surface area (Å²) in [5.74, 6) is 0.787. The number of aromatic nitrogens is 2. The lowest BCUT2D eigenvalue weighted by Gasteiger charge is -2.26. The molecule has 1 aromatic carbocycles. The Hall–Kier alpha value is -2.10. The molecular formula is C18H23N3O. The lowest BCUT2D eigenvalue weighted by Crippen LogP contribution is -2.37. The zero-order valence-electron chi connectivity index (χ0n) is 13.2. The Balaban J connectivity index is 1.73. The molecule has 116 valence electrons. The highest BCUT2D eigenvalue weighted by Crippen LogP contribution is 2.24. The van der Waals surface area contributed by atoms with Crippen LogP contribution in [0.15, 0.2) is 36.5 Å². The Morgan fingerprint density at radius 1 is 1.18 bits per heavy atom. The molecule has 4 nitrogen and oxygen atoms in total. The number of amides is 1.